The van der Waals surface area contributed by atoms with E-state index < -0.39 is 12.5 Å². The summed E-state index contributed by atoms with van der Waals surface area (Å²) >= 11 is 0. The van der Waals surface area contributed by atoms with E-state index in [1.54, 1.807) is 6.07 Å². The SMILES string of the molecule is N[C@H](c1cc2ccccc2c2ccccc12)C(F)F. The van der Waals surface area contributed by atoms with Gasteiger partial charge < -0.3 is 5.73 Å². The predicted octanol–water partition coefficient (Wildman–Crippen LogP) is 4.26. The average Bonchev–Trinajstić information content (AvgIpc) is 2.45. The molecule has 96 valence electrons. The van der Waals surface area contributed by atoms with Crippen molar-refractivity contribution in [1.29, 1.82) is 0 Å². The van der Waals surface area contributed by atoms with Crippen molar-refractivity contribution in [3.63, 3.8) is 0 Å². The average molecular weight is 257 g/mol. The molecule has 3 rings (SSSR count). The lowest BCUT2D eigenvalue weighted by Gasteiger charge is -2.16. The van der Waals surface area contributed by atoms with Crippen LogP contribution in [0.15, 0.2) is 54.6 Å². The summed E-state index contributed by atoms with van der Waals surface area (Å²) in [6.07, 6.45) is -2.57. The monoisotopic (exact) mass is 257 g/mol. The van der Waals surface area contributed by atoms with Crippen molar-refractivity contribution < 1.29 is 8.78 Å². The van der Waals surface area contributed by atoms with Gasteiger partial charge in [0, 0.05) is 0 Å². The number of alkyl halides is 2. The second-order valence-electron chi connectivity index (χ2n) is 4.59. The summed E-state index contributed by atoms with van der Waals surface area (Å²) < 4.78 is 25.8. The third-order valence-electron chi connectivity index (χ3n) is 3.43. The highest BCUT2D eigenvalue weighted by atomic mass is 19.3. The van der Waals surface area contributed by atoms with E-state index in [1.807, 2.05) is 48.5 Å². The molecule has 0 heterocycles. The van der Waals surface area contributed by atoms with Gasteiger partial charge in [-0.05, 0) is 33.2 Å². The lowest BCUT2D eigenvalue weighted by atomic mass is 9.94. The highest BCUT2D eigenvalue weighted by Crippen LogP contribution is 2.32. The van der Waals surface area contributed by atoms with Gasteiger partial charge in [0.2, 0.25) is 0 Å². The maximum atomic E-state index is 12.9. The fourth-order valence-corrected chi connectivity index (χ4v) is 2.49. The molecule has 2 N–H and O–H groups in total. The van der Waals surface area contributed by atoms with Crippen molar-refractivity contribution in [2.75, 3.05) is 0 Å². The molecule has 19 heavy (non-hydrogen) atoms. The summed E-state index contributed by atoms with van der Waals surface area (Å²) in [5.41, 5.74) is 6.15. The minimum atomic E-state index is -2.57. The standard InChI is InChI=1S/C16H13F2N/c17-16(18)15(19)14-9-10-5-1-2-6-11(10)12-7-3-4-8-13(12)14/h1-9,15-16H,19H2/t15-/m1/s1. The Morgan fingerprint density at radius 2 is 1.37 bits per heavy atom. The van der Waals surface area contributed by atoms with Crippen LogP contribution >= 0.6 is 0 Å². The van der Waals surface area contributed by atoms with Crippen LogP contribution in [0.25, 0.3) is 21.5 Å². The molecule has 0 saturated carbocycles. The molecule has 0 aliphatic carbocycles. The zero-order chi connectivity index (χ0) is 13.4. The van der Waals surface area contributed by atoms with E-state index in [1.165, 1.54) is 0 Å². The summed E-state index contributed by atoms with van der Waals surface area (Å²) in [7, 11) is 0. The Balaban J connectivity index is 2.42. The van der Waals surface area contributed by atoms with Gasteiger partial charge in [-0.3, -0.25) is 0 Å². The van der Waals surface area contributed by atoms with Gasteiger partial charge in [-0.1, -0.05) is 48.5 Å². The number of hydrogen-bond donors (Lipinski definition) is 1. The predicted molar refractivity (Wildman–Crippen MR) is 74.4 cm³/mol. The quantitative estimate of drug-likeness (QED) is 0.682. The first-order chi connectivity index (χ1) is 9.18. The first-order valence-electron chi connectivity index (χ1n) is 6.12. The number of halogens is 2. The van der Waals surface area contributed by atoms with E-state index in [4.69, 9.17) is 5.73 Å². The van der Waals surface area contributed by atoms with E-state index in [0.717, 1.165) is 21.5 Å². The van der Waals surface area contributed by atoms with E-state index in [2.05, 4.69) is 0 Å². The fraction of sp³-hybridized carbons (Fsp3) is 0.125. The van der Waals surface area contributed by atoms with Crippen molar-refractivity contribution >= 4 is 21.5 Å². The van der Waals surface area contributed by atoms with Gasteiger partial charge in [-0.25, -0.2) is 8.78 Å². The number of benzene rings is 3. The Hall–Kier alpha value is -2.00. The van der Waals surface area contributed by atoms with Crippen LogP contribution in [0.5, 0.6) is 0 Å². The molecule has 0 aliphatic rings. The molecule has 0 bridgehead atoms. The molecule has 0 aromatic heterocycles. The molecule has 3 heteroatoms. The topological polar surface area (TPSA) is 26.0 Å². The molecule has 0 unspecified atom stereocenters. The number of rotatable bonds is 2. The molecule has 3 aromatic rings. The highest BCUT2D eigenvalue weighted by Gasteiger charge is 2.20. The van der Waals surface area contributed by atoms with Gasteiger partial charge in [0.15, 0.2) is 0 Å². The number of hydrogen-bond acceptors (Lipinski definition) is 1. The van der Waals surface area contributed by atoms with E-state index in [0.29, 0.717) is 5.56 Å². The van der Waals surface area contributed by atoms with Crippen LogP contribution in [0.2, 0.25) is 0 Å². The second-order valence-corrected chi connectivity index (χ2v) is 4.59. The normalized spacial score (nSPS) is 13.3. The molecule has 0 aliphatic heterocycles. The maximum Gasteiger partial charge on any atom is 0.257 e. The van der Waals surface area contributed by atoms with Crippen molar-refractivity contribution in [1.82, 2.24) is 0 Å². The zero-order valence-corrected chi connectivity index (χ0v) is 10.2. The Kier molecular flexibility index (Phi) is 2.91. The zero-order valence-electron chi connectivity index (χ0n) is 10.2. The van der Waals surface area contributed by atoms with Crippen LogP contribution in [-0.4, -0.2) is 6.43 Å². The summed E-state index contributed by atoms with van der Waals surface area (Å²) in [5, 5.41) is 3.76. The molecule has 0 radical (unpaired) electrons. The van der Waals surface area contributed by atoms with Gasteiger partial charge in [0.25, 0.3) is 6.43 Å². The molecule has 1 atom stereocenters. The molecular formula is C16H13F2N. The first kappa shape index (κ1) is 12.1. The van der Waals surface area contributed by atoms with E-state index in [-0.39, 0.29) is 0 Å². The third kappa shape index (κ3) is 1.96. The van der Waals surface area contributed by atoms with Crippen LogP contribution in [0.1, 0.15) is 11.6 Å². The Bertz CT molecular complexity index is 737. The van der Waals surface area contributed by atoms with Crippen LogP contribution in [-0.2, 0) is 0 Å². The number of nitrogens with two attached hydrogens (primary N) is 1. The minimum absolute atomic E-state index is 0.504. The molecular weight excluding hydrogens is 244 g/mol. The van der Waals surface area contributed by atoms with Gasteiger partial charge in [-0.15, -0.1) is 0 Å². The molecule has 0 saturated heterocycles. The van der Waals surface area contributed by atoms with E-state index in [9.17, 15) is 8.78 Å². The van der Waals surface area contributed by atoms with Crippen LogP contribution in [0, 0.1) is 0 Å². The molecule has 0 spiro atoms. The molecule has 0 amide bonds. The van der Waals surface area contributed by atoms with E-state index >= 15 is 0 Å². The smallest absolute Gasteiger partial charge is 0.257 e. The van der Waals surface area contributed by atoms with Crippen molar-refractivity contribution in [3.8, 4) is 0 Å². The lowest BCUT2D eigenvalue weighted by molar-refractivity contribution is 0.117. The molecule has 1 nitrogen and oxygen atoms in total. The summed E-state index contributed by atoms with van der Waals surface area (Å²) in [5.74, 6) is 0. The second kappa shape index (κ2) is 4.59. The van der Waals surface area contributed by atoms with Crippen LogP contribution in [0.4, 0.5) is 8.78 Å². The van der Waals surface area contributed by atoms with Crippen LogP contribution < -0.4 is 5.73 Å². The Morgan fingerprint density at radius 3 is 2.05 bits per heavy atom. The first-order valence-corrected chi connectivity index (χ1v) is 6.12. The van der Waals surface area contributed by atoms with Gasteiger partial charge in [0.05, 0.1) is 6.04 Å². The van der Waals surface area contributed by atoms with Gasteiger partial charge in [0.1, 0.15) is 0 Å². The maximum absolute atomic E-state index is 12.9. The van der Waals surface area contributed by atoms with Gasteiger partial charge in [-0.2, -0.15) is 0 Å². The van der Waals surface area contributed by atoms with Crippen molar-refractivity contribution in [2.45, 2.75) is 12.5 Å². The largest absolute Gasteiger partial charge is 0.319 e. The van der Waals surface area contributed by atoms with Crippen LogP contribution in [0.3, 0.4) is 0 Å². The van der Waals surface area contributed by atoms with Gasteiger partial charge >= 0.3 is 0 Å². The lowest BCUT2D eigenvalue weighted by Crippen LogP contribution is -2.19. The summed E-state index contributed by atoms with van der Waals surface area (Å²) in [6.45, 7) is 0. The fourth-order valence-electron chi connectivity index (χ4n) is 2.49. The molecule has 3 aromatic carbocycles. The number of fused-ring (bicyclic) bond motifs is 3. The summed E-state index contributed by atoms with van der Waals surface area (Å²) in [6, 6.07) is 15.8. The Labute approximate surface area is 109 Å². The highest BCUT2D eigenvalue weighted by molar-refractivity contribution is 6.09. The Morgan fingerprint density at radius 1 is 0.789 bits per heavy atom. The van der Waals surface area contributed by atoms with Crippen molar-refractivity contribution in [3.05, 3.63) is 60.2 Å². The third-order valence-corrected chi connectivity index (χ3v) is 3.43. The van der Waals surface area contributed by atoms with Crippen molar-refractivity contribution in [2.24, 2.45) is 5.73 Å². The minimum Gasteiger partial charge on any atom is -0.319 e. The summed E-state index contributed by atoms with van der Waals surface area (Å²) in [4.78, 5) is 0. The molecule has 0 fully saturated rings.